The topological polar surface area (TPSA) is 116 Å². The fraction of sp³-hybridized carbons (Fsp3) is 0.136. The van der Waals surface area contributed by atoms with Crippen molar-refractivity contribution >= 4 is 56.4 Å². The Kier molecular flexibility index (Phi) is 6.12. The first-order valence-corrected chi connectivity index (χ1v) is 10.9. The van der Waals surface area contributed by atoms with Gasteiger partial charge >= 0.3 is 5.97 Å². The normalized spacial score (nSPS) is 11.8. The molecule has 9 nitrogen and oxygen atoms in total. The highest BCUT2D eigenvalue weighted by molar-refractivity contribution is 7.20. The van der Waals surface area contributed by atoms with Crippen LogP contribution in [0.1, 0.15) is 22.3 Å². The number of rotatable bonds is 6. The maximum Gasteiger partial charge on any atom is 0.349 e. The molecule has 0 fully saturated rings. The van der Waals surface area contributed by atoms with Crippen LogP contribution in [0.2, 0.25) is 5.02 Å². The van der Waals surface area contributed by atoms with E-state index in [1.165, 1.54) is 36.5 Å². The number of aromatic nitrogens is 2. The van der Waals surface area contributed by atoms with Gasteiger partial charge in [-0.25, -0.2) is 9.48 Å². The molecule has 11 heteroatoms. The highest BCUT2D eigenvalue weighted by atomic mass is 35.5. The molecule has 168 valence electrons. The Balaban J connectivity index is 1.52. The van der Waals surface area contributed by atoms with Gasteiger partial charge in [0.2, 0.25) is 0 Å². The van der Waals surface area contributed by atoms with E-state index in [0.717, 1.165) is 21.6 Å². The van der Waals surface area contributed by atoms with E-state index in [1.54, 1.807) is 28.9 Å². The van der Waals surface area contributed by atoms with Crippen LogP contribution in [0.3, 0.4) is 0 Å². The molecule has 0 aliphatic rings. The summed E-state index contributed by atoms with van der Waals surface area (Å²) in [5.74, 6) is -1.36. The molecule has 1 amide bonds. The average molecular weight is 485 g/mol. The summed E-state index contributed by atoms with van der Waals surface area (Å²) in [7, 11) is 0. The number of nitrogens with zero attached hydrogens (tertiary/aromatic N) is 3. The number of benzene rings is 2. The molecule has 4 aromatic rings. The summed E-state index contributed by atoms with van der Waals surface area (Å²) in [6.45, 7) is 3.23. The van der Waals surface area contributed by atoms with E-state index in [-0.39, 0.29) is 11.4 Å². The zero-order valence-corrected chi connectivity index (χ0v) is 19.0. The predicted molar refractivity (Wildman–Crippen MR) is 125 cm³/mol. The number of hydrogen-bond donors (Lipinski definition) is 1. The van der Waals surface area contributed by atoms with Gasteiger partial charge in [-0.1, -0.05) is 23.7 Å². The van der Waals surface area contributed by atoms with Crippen LogP contribution in [0.25, 0.3) is 15.9 Å². The van der Waals surface area contributed by atoms with Crippen LogP contribution >= 0.6 is 22.9 Å². The summed E-state index contributed by atoms with van der Waals surface area (Å²) in [6.07, 6.45) is -1.17. The van der Waals surface area contributed by atoms with E-state index in [4.69, 9.17) is 16.3 Å². The predicted octanol–water partition coefficient (Wildman–Crippen LogP) is 5.14. The van der Waals surface area contributed by atoms with Crippen molar-refractivity contribution in [1.82, 2.24) is 9.78 Å². The molecule has 1 atom stereocenters. The van der Waals surface area contributed by atoms with Crippen molar-refractivity contribution in [1.29, 1.82) is 0 Å². The number of carbonyl (C=O) groups is 2. The van der Waals surface area contributed by atoms with Crippen molar-refractivity contribution in [3.8, 4) is 5.69 Å². The van der Waals surface area contributed by atoms with E-state index in [9.17, 15) is 19.7 Å². The maximum absolute atomic E-state index is 12.7. The summed E-state index contributed by atoms with van der Waals surface area (Å²) in [4.78, 5) is 36.8. The summed E-state index contributed by atoms with van der Waals surface area (Å²) in [6, 6.07) is 14.5. The van der Waals surface area contributed by atoms with Crippen LogP contribution in [-0.2, 0) is 9.53 Å². The van der Waals surface area contributed by atoms with Gasteiger partial charge < -0.3 is 10.1 Å². The number of para-hydroxylation sites is 2. The van der Waals surface area contributed by atoms with Gasteiger partial charge in [0.25, 0.3) is 11.6 Å². The number of nitrogens with one attached hydrogen (secondary N) is 1. The third kappa shape index (κ3) is 4.57. The van der Waals surface area contributed by atoms with E-state index >= 15 is 0 Å². The zero-order valence-electron chi connectivity index (χ0n) is 17.4. The Bertz CT molecular complexity index is 1380. The quantitative estimate of drug-likeness (QED) is 0.230. The van der Waals surface area contributed by atoms with Crippen LogP contribution in [0.15, 0.2) is 54.6 Å². The number of carbonyl (C=O) groups excluding carboxylic acids is 2. The Morgan fingerprint density at radius 2 is 1.91 bits per heavy atom. The number of halogens is 1. The van der Waals surface area contributed by atoms with Crippen molar-refractivity contribution in [2.75, 3.05) is 5.32 Å². The van der Waals surface area contributed by atoms with Crippen molar-refractivity contribution in [2.24, 2.45) is 0 Å². The third-order valence-electron chi connectivity index (χ3n) is 4.83. The number of anilines is 1. The first-order chi connectivity index (χ1) is 15.7. The van der Waals surface area contributed by atoms with E-state index in [2.05, 4.69) is 10.4 Å². The molecule has 2 aromatic carbocycles. The summed E-state index contributed by atoms with van der Waals surface area (Å²) >= 11 is 7.15. The van der Waals surface area contributed by atoms with Gasteiger partial charge in [-0.15, -0.1) is 11.3 Å². The van der Waals surface area contributed by atoms with Gasteiger partial charge in [-0.05, 0) is 50.2 Å². The number of amides is 1. The summed E-state index contributed by atoms with van der Waals surface area (Å²) in [5, 5.41) is 19.5. The molecule has 33 heavy (non-hydrogen) atoms. The Morgan fingerprint density at radius 1 is 1.21 bits per heavy atom. The van der Waals surface area contributed by atoms with Crippen molar-refractivity contribution in [3.63, 3.8) is 0 Å². The minimum absolute atomic E-state index is 0.0240. The lowest BCUT2D eigenvalue weighted by molar-refractivity contribution is -0.383. The van der Waals surface area contributed by atoms with Crippen LogP contribution in [0.5, 0.6) is 0 Å². The van der Waals surface area contributed by atoms with Crippen LogP contribution in [0, 0.1) is 17.0 Å². The SMILES string of the molecule is Cc1nn(-c2ccc(Cl)cc2)c2sc(C(=O)OC(C)C(=O)Nc3ccccc3[N+](=O)[O-])cc12. The second-order valence-corrected chi connectivity index (χ2v) is 8.58. The average Bonchev–Trinajstić information content (AvgIpc) is 3.35. The molecule has 0 saturated carbocycles. The lowest BCUT2D eigenvalue weighted by Crippen LogP contribution is -2.30. The fourth-order valence-corrected chi connectivity index (χ4v) is 4.34. The Hall–Kier alpha value is -3.76. The number of aryl methyl sites for hydroxylation is 1. The molecular weight excluding hydrogens is 468 g/mol. The van der Waals surface area contributed by atoms with Crippen molar-refractivity contribution in [2.45, 2.75) is 20.0 Å². The summed E-state index contributed by atoms with van der Waals surface area (Å²) in [5.41, 5.74) is 1.29. The highest BCUT2D eigenvalue weighted by Gasteiger charge is 2.24. The largest absolute Gasteiger partial charge is 0.448 e. The minimum atomic E-state index is -1.17. The smallest absolute Gasteiger partial charge is 0.349 e. The number of nitro groups is 1. The molecule has 4 rings (SSSR count). The number of fused-ring (bicyclic) bond motifs is 1. The minimum Gasteiger partial charge on any atom is -0.448 e. The maximum atomic E-state index is 12.7. The van der Waals surface area contributed by atoms with Crippen LogP contribution in [-0.4, -0.2) is 32.7 Å². The van der Waals surface area contributed by atoms with E-state index < -0.39 is 22.9 Å². The molecule has 1 unspecified atom stereocenters. The third-order valence-corrected chi connectivity index (χ3v) is 6.17. The number of hydrogen-bond acceptors (Lipinski definition) is 7. The first-order valence-electron chi connectivity index (χ1n) is 9.75. The molecule has 0 bridgehead atoms. The Labute approximate surface area is 196 Å². The zero-order chi connectivity index (χ0) is 23.7. The van der Waals surface area contributed by atoms with Crippen molar-refractivity contribution in [3.05, 3.63) is 80.3 Å². The molecule has 1 N–H and O–H groups in total. The van der Waals surface area contributed by atoms with Crippen molar-refractivity contribution < 1.29 is 19.2 Å². The van der Waals surface area contributed by atoms with Gasteiger partial charge in [0.1, 0.15) is 15.4 Å². The fourth-order valence-electron chi connectivity index (χ4n) is 3.15. The summed E-state index contributed by atoms with van der Waals surface area (Å²) < 4.78 is 7.03. The molecule has 2 heterocycles. The van der Waals surface area contributed by atoms with Gasteiger partial charge in [-0.3, -0.25) is 14.9 Å². The number of nitro benzene ring substituents is 1. The lowest BCUT2D eigenvalue weighted by atomic mass is 10.2. The molecule has 0 saturated heterocycles. The molecule has 0 radical (unpaired) electrons. The number of thiophene rings is 1. The van der Waals surface area contributed by atoms with E-state index in [0.29, 0.717) is 9.90 Å². The lowest BCUT2D eigenvalue weighted by Gasteiger charge is -2.13. The van der Waals surface area contributed by atoms with Gasteiger partial charge in [0.15, 0.2) is 6.10 Å². The van der Waals surface area contributed by atoms with E-state index in [1.807, 2.05) is 19.1 Å². The number of esters is 1. The monoisotopic (exact) mass is 484 g/mol. The molecule has 0 spiro atoms. The molecular formula is C22H17ClN4O5S. The second-order valence-electron chi connectivity index (χ2n) is 7.11. The van der Waals surface area contributed by atoms with Gasteiger partial charge in [-0.2, -0.15) is 5.10 Å². The Morgan fingerprint density at radius 3 is 2.61 bits per heavy atom. The molecule has 0 aliphatic carbocycles. The highest BCUT2D eigenvalue weighted by Crippen LogP contribution is 2.31. The first kappa shape index (κ1) is 22.4. The molecule has 2 aromatic heterocycles. The standard InChI is InChI=1S/C22H17ClN4O5S/c1-12-16-11-19(33-21(16)26(25-12)15-9-7-14(23)8-10-15)22(29)32-13(2)20(28)24-17-5-3-4-6-18(17)27(30)31/h3-11,13H,1-2H3,(H,24,28). The molecule has 0 aliphatic heterocycles. The van der Waals surface area contributed by atoms with Gasteiger partial charge in [0.05, 0.1) is 16.3 Å². The van der Waals surface area contributed by atoms with Crippen LogP contribution < -0.4 is 5.32 Å². The van der Waals surface area contributed by atoms with Gasteiger partial charge in [0, 0.05) is 16.5 Å². The second kappa shape index (κ2) is 9.00. The number of ether oxygens (including phenoxy) is 1. The van der Waals surface area contributed by atoms with Crippen LogP contribution in [0.4, 0.5) is 11.4 Å².